The van der Waals surface area contributed by atoms with Gasteiger partial charge in [-0.15, -0.1) is 0 Å². The van der Waals surface area contributed by atoms with Crippen LogP contribution < -0.4 is 27.2 Å². The summed E-state index contributed by atoms with van der Waals surface area (Å²) in [6.45, 7) is -0.692. The van der Waals surface area contributed by atoms with Crippen LogP contribution in [-0.2, 0) is 19.6 Å². The molecule has 10 heteroatoms. The van der Waals surface area contributed by atoms with E-state index in [-0.39, 0.29) is 29.4 Å². The van der Waals surface area contributed by atoms with Gasteiger partial charge in [-0.2, -0.15) is 0 Å². The Morgan fingerprint density at radius 3 is 2.00 bits per heavy atom. The molecule has 0 aliphatic carbocycles. The number of rotatable bonds is 6. The molecule has 0 bridgehead atoms. The second-order valence-corrected chi connectivity index (χ2v) is 5.55. The number of primary sulfonamides is 1. The van der Waals surface area contributed by atoms with Gasteiger partial charge in [0.25, 0.3) is 0 Å². The lowest BCUT2D eigenvalue weighted by molar-refractivity contribution is -0.117. The van der Waals surface area contributed by atoms with Crippen LogP contribution in [0.3, 0.4) is 0 Å². The van der Waals surface area contributed by atoms with Gasteiger partial charge in [-0.25, -0.2) is 13.6 Å². The number of para-hydroxylation sites is 1. The fourth-order valence-electron chi connectivity index (χ4n) is 1.66. The Bertz CT molecular complexity index is 627. The van der Waals surface area contributed by atoms with Gasteiger partial charge >= 0.3 is 0 Å². The van der Waals surface area contributed by atoms with E-state index in [0.29, 0.717) is 0 Å². The number of nitrogens with zero attached hydrogens (tertiary/aromatic N) is 1. The molecular weight excluding hydrogens is 286 g/mol. The highest BCUT2D eigenvalue weighted by Gasteiger charge is 2.20. The molecule has 20 heavy (non-hydrogen) atoms. The summed E-state index contributed by atoms with van der Waals surface area (Å²) in [5, 5.41) is 5.02. The molecule has 8 N–H and O–H groups in total. The molecule has 2 amide bonds. The first kappa shape index (κ1) is 15.7. The lowest BCUT2D eigenvalue weighted by atomic mass is 10.2. The van der Waals surface area contributed by atoms with Crippen LogP contribution in [0.25, 0.3) is 0 Å². The Morgan fingerprint density at radius 2 is 1.60 bits per heavy atom. The summed E-state index contributed by atoms with van der Waals surface area (Å²) >= 11 is 0. The van der Waals surface area contributed by atoms with Crippen molar-refractivity contribution >= 4 is 33.2 Å². The molecule has 0 aromatic heterocycles. The van der Waals surface area contributed by atoms with E-state index in [1.807, 2.05) is 0 Å². The van der Waals surface area contributed by atoms with Gasteiger partial charge in [-0.05, 0) is 12.1 Å². The molecule has 1 rings (SSSR count). The van der Waals surface area contributed by atoms with E-state index < -0.39 is 21.8 Å². The van der Waals surface area contributed by atoms with Gasteiger partial charge in [0.1, 0.15) is 4.90 Å². The molecule has 0 radical (unpaired) electrons. The fraction of sp³-hybridized carbons (Fsp3) is 0.200. The van der Waals surface area contributed by atoms with E-state index in [1.165, 1.54) is 23.1 Å². The first-order valence-corrected chi connectivity index (χ1v) is 6.90. The minimum atomic E-state index is -4.03. The fourth-order valence-corrected chi connectivity index (χ4v) is 2.34. The van der Waals surface area contributed by atoms with Gasteiger partial charge in [0.2, 0.25) is 21.8 Å². The number of primary amides is 2. The monoisotopic (exact) mass is 301 g/mol. The molecule has 0 aliphatic heterocycles. The summed E-state index contributed by atoms with van der Waals surface area (Å²) < 4.78 is 22.7. The molecule has 0 spiro atoms. The van der Waals surface area contributed by atoms with Crippen molar-refractivity contribution in [1.82, 2.24) is 0 Å². The average Bonchev–Trinajstić information content (AvgIpc) is 2.25. The van der Waals surface area contributed by atoms with Crippen molar-refractivity contribution in [3.05, 3.63) is 18.2 Å². The summed E-state index contributed by atoms with van der Waals surface area (Å²) in [6, 6.07) is 4.01. The number of hydrogen-bond acceptors (Lipinski definition) is 6. The Hall–Kier alpha value is -2.33. The molecule has 0 saturated heterocycles. The molecule has 110 valence electrons. The smallest absolute Gasteiger partial charge is 0.240 e. The number of hydrogen-bond donors (Lipinski definition) is 4. The highest BCUT2D eigenvalue weighted by atomic mass is 32.2. The number of carbonyl (C=O) groups is 2. The van der Waals surface area contributed by atoms with E-state index >= 15 is 0 Å². The number of carbonyl (C=O) groups excluding carboxylic acids is 2. The van der Waals surface area contributed by atoms with Crippen LogP contribution in [0, 0.1) is 0 Å². The molecular formula is C10H15N5O4S. The number of nitrogen functional groups attached to an aromatic ring is 1. The van der Waals surface area contributed by atoms with E-state index in [1.54, 1.807) is 0 Å². The Balaban J connectivity index is 3.33. The van der Waals surface area contributed by atoms with Crippen molar-refractivity contribution in [2.75, 3.05) is 23.7 Å². The number of nitrogens with two attached hydrogens (primary N) is 4. The maximum absolute atomic E-state index is 11.4. The third-order valence-corrected chi connectivity index (χ3v) is 3.35. The molecule has 1 aromatic rings. The molecule has 0 fully saturated rings. The molecule has 0 saturated carbocycles. The van der Waals surface area contributed by atoms with Crippen LogP contribution in [-0.4, -0.2) is 33.3 Å². The highest BCUT2D eigenvalue weighted by molar-refractivity contribution is 7.89. The normalized spacial score (nSPS) is 11.1. The quantitative estimate of drug-likeness (QED) is 0.429. The zero-order chi connectivity index (χ0) is 15.5. The first-order valence-electron chi connectivity index (χ1n) is 5.35. The standard InChI is InChI=1S/C10H15N5O4S/c11-8(16)4-15(5-9(12)17)6-2-1-3-7(10(6)13)20(14,18)19/h1-3H,4-5,13H2,(H2,11,16)(H2,12,17)(H2,14,18,19). The van der Waals surface area contributed by atoms with Crippen LogP contribution >= 0.6 is 0 Å². The average molecular weight is 301 g/mol. The van der Waals surface area contributed by atoms with Crippen LogP contribution in [0.15, 0.2) is 23.1 Å². The van der Waals surface area contributed by atoms with E-state index in [4.69, 9.17) is 22.3 Å². The minimum absolute atomic E-state index is 0.133. The Labute approximate surface area is 115 Å². The van der Waals surface area contributed by atoms with Crippen molar-refractivity contribution in [2.45, 2.75) is 4.90 Å². The van der Waals surface area contributed by atoms with E-state index in [2.05, 4.69) is 0 Å². The predicted molar refractivity (Wildman–Crippen MR) is 72.8 cm³/mol. The lowest BCUT2D eigenvalue weighted by Crippen LogP contribution is -2.40. The number of anilines is 2. The number of benzene rings is 1. The van der Waals surface area contributed by atoms with Gasteiger partial charge in [-0.1, -0.05) is 6.07 Å². The zero-order valence-corrected chi connectivity index (χ0v) is 11.3. The topological polar surface area (TPSA) is 176 Å². The molecule has 0 heterocycles. The first-order chi connectivity index (χ1) is 9.12. The maximum Gasteiger partial charge on any atom is 0.240 e. The molecule has 9 nitrogen and oxygen atoms in total. The second kappa shape index (κ2) is 5.75. The summed E-state index contributed by atoms with van der Waals surface area (Å²) in [6.07, 6.45) is 0. The van der Waals surface area contributed by atoms with Crippen LogP contribution in [0.5, 0.6) is 0 Å². The predicted octanol–water partition coefficient (Wildman–Crippen LogP) is -2.31. The van der Waals surface area contributed by atoms with Crippen molar-refractivity contribution in [1.29, 1.82) is 0 Å². The SMILES string of the molecule is NC(=O)CN(CC(N)=O)c1cccc(S(N)(=O)=O)c1N. The van der Waals surface area contributed by atoms with Gasteiger partial charge in [-0.3, -0.25) is 9.59 Å². The summed E-state index contributed by atoms with van der Waals surface area (Å²) in [7, 11) is -4.03. The van der Waals surface area contributed by atoms with Crippen LogP contribution in [0.2, 0.25) is 0 Å². The largest absolute Gasteiger partial charge is 0.396 e. The molecule has 0 unspecified atom stereocenters. The van der Waals surface area contributed by atoms with Crippen molar-refractivity contribution in [2.24, 2.45) is 16.6 Å². The van der Waals surface area contributed by atoms with Crippen molar-refractivity contribution in [3.8, 4) is 0 Å². The van der Waals surface area contributed by atoms with E-state index in [0.717, 1.165) is 0 Å². The molecule has 1 aromatic carbocycles. The van der Waals surface area contributed by atoms with Gasteiger partial charge in [0.05, 0.1) is 24.5 Å². The van der Waals surface area contributed by atoms with Gasteiger partial charge < -0.3 is 22.1 Å². The van der Waals surface area contributed by atoms with Crippen LogP contribution in [0.1, 0.15) is 0 Å². The third kappa shape index (κ3) is 3.83. The number of amides is 2. The van der Waals surface area contributed by atoms with Crippen molar-refractivity contribution in [3.63, 3.8) is 0 Å². The summed E-state index contributed by atoms with van der Waals surface area (Å²) in [4.78, 5) is 22.9. The van der Waals surface area contributed by atoms with Gasteiger partial charge in [0, 0.05) is 0 Å². The molecule has 0 atom stereocenters. The zero-order valence-electron chi connectivity index (χ0n) is 10.4. The van der Waals surface area contributed by atoms with Crippen LogP contribution in [0.4, 0.5) is 11.4 Å². The highest BCUT2D eigenvalue weighted by Crippen LogP contribution is 2.28. The second-order valence-electron chi connectivity index (χ2n) is 4.02. The number of sulfonamides is 1. The lowest BCUT2D eigenvalue weighted by Gasteiger charge is -2.24. The summed E-state index contributed by atoms with van der Waals surface area (Å²) in [5.41, 5.74) is 15.8. The van der Waals surface area contributed by atoms with E-state index in [9.17, 15) is 18.0 Å². The van der Waals surface area contributed by atoms with Gasteiger partial charge in [0.15, 0.2) is 0 Å². The maximum atomic E-state index is 11.4. The Kier molecular flexibility index (Phi) is 4.53. The summed E-state index contributed by atoms with van der Waals surface area (Å²) in [5.74, 6) is -1.46. The van der Waals surface area contributed by atoms with Crippen molar-refractivity contribution < 1.29 is 18.0 Å². The Morgan fingerprint density at radius 1 is 1.10 bits per heavy atom. The third-order valence-electron chi connectivity index (χ3n) is 2.38. The molecule has 0 aliphatic rings. The minimum Gasteiger partial charge on any atom is -0.396 e.